The zero-order valence-electron chi connectivity index (χ0n) is 13.5. The Bertz CT molecular complexity index is 661. The van der Waals surface area contributed by atoms with Crippen molar-refractivity contribution in [3.8, 4) is 0 Å². The van der Waals surface area contributed by atoms with E-state index in [1.54, 1.807) is 16.6 Å². The van der Waals surface area contributed by atoms with Crippen LogP contribution >= 0.6 is 11.6 Å². The highest BCUT2D eigenvalue weighted by Gasteiger charge is 2.15. The minimum absolute atomic E-state index is 0.0195. The molecule has 0 aromatic carbocycles. The van der Waals surface area contributed by atoms with Gasteiger partial charge in [-0.2, -0.15) is 10.2 Å². The molecule has 2 rings (SSSR count). The quantitative estimate of drug-likeness (QED) is 0.888. The normalized spacial score (nSPS) is 11.0. The number of carbonyl (C=O) groups excluding carboxylic acids is 1. The predicted molar refractivity (Wildman–Crippen MR) is 85.8 cm³/mol. The zero-order valence-corrected chi connectivity index (χ0v) is 14.2. The van der Waals surface area contributed by atoms with Gasteiger partial charge in [-0.3, -0.25) is 14.6 Å². The van der Waals surface area contributed by atoms with E-state index in [-0.39, 0.29) is 12.5 Å². The first-order valence-corrected chi connectivity index (χ1v) is 7.76. The van der Waals surface area contributed by atoms with Gasteiger partial charge in [0.1, 0.15) is 6.54 Å². The van der Waals surface area contributed by atoms with Gasteiger partial charge >= 0.3 is 0 Å². The molecule has 7 heteroatoms. The average molecular weight is 324 g/mol. The van der Waals surface area contributed by atoms with E-state index in [1.165, 1.54) is 0 Å². The smallest absolute Gasteiger partial charge is 0.244 e. The molecule has 2 aromatic heterocycles. The first-order valence-electron chi connectivity index (χ1n) is 7.39. The van der Waals surface area contributed by atoms with Gasteiger partial charge in [-0.15, -0.1) is 0 Å². The van der Waals surface area contributed by atoms with Crippen LogP contribution in [0.3, 0.4) is 0 Å². The highest BCUT2D eigenvalue weighted by atomic mass is 35.5. The fraction of sp³-hybridized carbons (Fsp3) is 0.533. The Labute approximate surface area is 135 Å². The van der Waals surface area contributed by atoms with Crippen molar-refractivity contribution in [3.05, 3.63) is 33.9 Å². The maximum absolute atomic E-state index is 12.3. The number of aryl methyl sites for hydroxylation is 2. The van der Waals surface area contributed by atoms with Crippen molar-refractivity contribution >= 4 is 17.5 Å². The fourth-order valence-corrected chi connectivity index (χ4v) is 2.43. The number of amides is 1. The summed E-state index contributed by atoms with van der Waals surface area (Å²) in [5, 5.41) is 12.1. The third-order valence-electron chi connectivity index (χ3n) is 3.60. The van der Waals surface area contributed by atoms with E-state index < -0.39 is 0 Å². The van der Waals surface area contributed by atoms with Crippen molar-refractivity contribution in [2.24, 2.45) is 0 Å². The highest BCUT2D eigenvalue weighted by Crippen LogP contribution is 2.18. The number of hydrogen-bond acceptors (Lipinski definition) is 3. The molecule has 6 nitrogen and oxygen atoms in total. The molecule has 1 N–H and O–H groups in total. The number of nitrogens with zero attached hydrogens (tertiary/aromatic N) is 4. The summed E-state index contributed by atoms with van der Waals surface area (Å²) in [6.45, 7) is 6.50. The Hall–Kier alpha value is -1.82. The van der Waals surface area contributed by atoms with E-state index in [1.807, 2.05) is 19.9 Å². The second-order valence-corrected chi connectivity index (χ2v) is 5.90. The summed E-state index contributed by atoms with van der Waals surface area (Å²) in [6, 6.07) is 2.01. The molecule has 2 aromatic rings. The molecule has 0 spiro atoms. The lowest BCUT2D eigenvalue weighted by Crippen LogP contribution is -2.30. The summed E-state index contributed by atoms with van der Waals surface area (Å²) in [5.41, 5.74) is 3.52. The fourth-order valence-electron chi connectivity index (χ4n) is 2.30. The monoisotopic (exact) mass is 323 g/mol. The number of aromatic nitrogens is 4. The lowest BCUT2D eigenvalue weighted by Gasteiger charge is -2.16. The van der Waals surface area contributed by atoms with Crippen LogP contribution in [0.2, 0.25) is 5.02 Å². The molecule has 0 bridgehead atoms. The molecule has 0 fully saturated rings. The summed E-state index contributed by atoms with van der Waals surface area (Å²) in [7, 11) is 1.77. The number of halogens is 1. The summed E-state index contributed by atoms with van der Waals surface area (Å²) in [5.74, 6) is -0.0195. The van der Waals surface area contributed by atoms with Crippen LogP contribution in [-0.2, 0) is 24.3 Å². The van der Waals surface area contributed by atoms with Crippen LogP contribution in [0.1, 0.15) is 36.1 Å². The number of H-pyrrole nitrogens is 1. The van der Waals surface area contributed by atoms with Crippen molar-refractivity contribution in [1.82, 2.24) is 24.9 Å². The number of hydrogen-bond donors (Lipinski definition) is 1. The minimum Gasteiger partial charge on any atom is -0.338 e. The summed E-state index contributed by atoms with van der Waals surface area (Å²) < 4.78 is 1.64. The Morgan fingerprint density at radius 1 is 1.45 bits per heavy atom. The van der Waals surface area contributed by atoms with E-state index >= 15 is 0 Å². The lowest BCUT2D eigenvalue weighted by atomic mass is 10.2. The van der Waals surface area contributed by atoms with Crippen LogP contribution in [-0.4, -0.2) is 37.8 Å². The summed E-state index contributed by atoms with van der Waals surface area (Å²) >= 11 is 6.10. The molecule has 0 atom stereocenters. The SMILES string of the molecule is CCCc1cc(CN(C)C(=O)Cn2nc(C)c(Cl)c2C)[nH]n1. The molecular weight excluding hydrogens is 302 g/mol. The van der Waals surface area contributed by atoms with E-state index in [9.17, 15) is 4.79 Å². The topological polar surface area (TPSA) is 66.8 Å². The second kappa shape index (κ2) is 6.96. The van der Waals surface area contributed by atoms with Gasteiger partial charge in [0.15, 0.2) is 0 Å². The number of nitrogens with one attached hydrogen (secondary N) is 1. The summed E-state index contributed by atoms with van der Waals surface area (Å²) in [4.78, 5) is 14.0. The molecule has 0 aliphatic rings. The molecule has 0 saturated carbocycles. The average Bonchev–Trinajstić information content (AvgIpc) is 3.00. The van der Waals surface area contributed by atoms with Crippen LogP contribution < -0.4 is 0 Å². The van der Waals surface area contributed by atoms with Crippen molar-refractivity contribution in [2.75, 3.05) is 7.05 Å². The molecule has 2 heterocycles. The van der Waals surface area contributed by atoms with Gasteiger partial charge < -0.3 is 4.90 Å². The third kappa shape index (κ3) is 3.68. The molecule has 1 amide bonds. The molecule has 0 saturated heterocycles. The van der Waals surface area contributed by atoms with Crippen molar-refractivity contribution in [1.29, 1.82) is 0 Å². The maximum Gasteiger partial charge on any atom is 0.244 e. The molecule has 0 aliphatic heterocycles. The summed E-state index contributed by atoms with van der Waals surface area (Å²) in [6.07, 6.45) is 2.00. The van der Waals surface area contributed by atoms with Crippen LogP contribution in [0, 0.1) is 13.8 Å². The van der Waals surface area contributed by atoms with Crippen LogP contribution in [0.25, 0.3) is 0 Å². The molecule has 0 unspecified atom stereocenters. The van der Waals surface area contributed by atoms with E-state index in [2.05, 4.69) is 22.2 Å². The largest absolute Gasteiger partial charge is 0.338 e. The van der Waals surface area contributed by atoms with E-state index in [0.717, 1.165) is 35.6 Å². The number of likely N-dealkylation sites (N-methyl/N-ethyl adjacent to an activating group) is 1. The standard InChI is InChI=1S/C15H22ClN5O/c1-5-6-12-7-13(18-17-12)8-20(4)14(22)9-21-11(3)15(16)10(2)19-21/h7H,5-6,8-9H2,1-4H3,(H,17,18). The zero-order chi connectivity index (χ0) is 16.3. The van der Waals surface area contributed by atoms with Crippen LogP contribution in [0.5, 0.6) is 0 Å². The Morgan fingerprint density at radius 2 is 2.18 bits per heavy atom. The van der Waals surface area contributed by atoms with Crippen LogP contribution in [0.4, 0.5) is 0 Å². The van der Waals surface area contributed by atoms with Gasteiger partial charge in [0.05, 0.1) is 34.3 Å². The first kappa shape index (κ1) is 16.5. The Balaban J connectivity index is 1.97. The van der Waals surface area contributed by atoms with Crippen molar-refractivity contribution in [2.45, 2.75) is 46.7 Å². The second-order valence-electron chi connectivity index (χ2n) is 5.53. The van der Waals surface area contributed by atoms with Gasteiger partial charge in [0.2, 0.25) is 5.91 Å². The predicted octanol–water partition coefficient (Wildman–Crippen LogP) is 2.49. The van der Waals surface area contributed by atoms with Crippen molar-refractivity contribution < 1.29 is 4.79 Å². The van der Waals surface area contributed by atoms with Gasteiger partial charge in [-0.25, -0.2) is 0 Å². The molecular formula is C15H22ClN5O. The Kier molecular flexibility index (Phi) is 5.24. The third-order valence-corrected chi connectivity index (χ3v) is 4.15. The highest BCUT2D eigenvalue weighted by molar-refractivity contribution is 6.31. The number of carbonyl (C=O) groups is 1. The Morgan fingerprint density at radius 3 is 2.77 bits per heavy atom. The van der Waals surface area contributed by atoms with Gasteiger partial charge in [0, 0.05) is 7.05 Å². The lowest BCUT2D eigenvalue weighted by molar-refractivity contribution is -0.131. The van der Waals surface area contributed by atoms with E-state index in [0.29, 0.717) is 11.6 Å². The van der Waals surface area contributed by atoms with Gasteiger partial charge in [-0.1, -0.05) is 24.9 Å². The van der Waals surface area contributed by atoms with E-state index in [4.69, 9.17) is 11.6 Å². The number of rotatable bonds is 6. The number of aromatic amines is 1. The minimum atomic E-state index is -0.0195. The molecule has 120 valence electrons. The van der Waals surface area contributed by atoms with Gasteiger partial charge in [-0.05, 0) is 26.3 Å². The molecule has 22 heavy (non-hydrogen) atoms. The molecule has 0 aliphatic carbocycles. The van der Waals surface area contributed by atoms with Gasteiger partial charge in [0.25, 0.3) is 0 Å². The van der Waals surface area contributed by atoms with Crippen molar-refractivity contribution in [3.63, 3.8) is 0 Å². The molecule has 0 radical (unpaired) electrons. The maximum atomic E-state index is 12.3. The first-order chi connectivity index (χ1) is 10.4. The van der Waals surface area contributed by atoms with Crippen LogP contribution in [0.15, 0.2) is 6.07 Å².